The van der Waals surface area contributed by atoms with E-state index in [1.807, 2.05) is 212 Å². The van der Waals surface area contributed by atoms with Crippen LogP contribution in [0.15, 0.2) is 355 Å². The van der Waals surface area contributed by atoms with E-state index in [0.29, 0.717) is 56.0 Å². The Kier molecular flexibility index (Phi) is 18.4. The average Bonchev–Trinajstić information content (AvgIpc) is 1.62. The zero-order valence-corrected chi connectivity index (χ0v) is 56.6. The van der Waals surface area contributed by atoms with Crippen molar-refractivity contribution in [2.75, 3.05) is 0 Å². The summed E-state index contributed by atoms with van der Waals surface area (Å²) in [5.74, 6) is 3.67. The van der Waals surface area contributed by atoms with Gasteiger partial charge in [0.05, 0.1) is 5.02 Å². The Balaban J connectivity index is 0.000000143. The standard InChI is InChI=1S/C51H33N3O.C27H15Cl2N3O.C12H11BO2/c1-5-13-34(14-6-1)36-21-23-38(24-22-36)43-32-44(39-27-25-37(26-28-39)35-15-7-2-8-16-35)48-46(33-43)45-31-42(29-30-47(45)55-48)51-53-49(40-17-9-3-10-18-40)52-50(54-51)41-19-11-4-12-20-41;28-19-14-21-20-13-18(11-12-23(20)33-24(21)22(29)15-19)27-31-25(16-7-3-1-4-8-16)30-26(32-27)17-9-5-2-6-10-17;14-13(15)12-8-6-11(7-9-12)10-4-2-1-3-5-10/h1-33H;1-15H;1-9,14-15H. The van der Waals surface area contributed by atoms with Crippen molar-refractivity contribution in [3.05, 3.63) is 356 Å². The fourth-order valence-corrected chi connectivity index (χ4v) is 13.2. The minimum atomic E-state index is -1.39. The summed E-state index contributed by atoms with van der Waals surface area (Å²) in [4.78, 5) is 29.3. The Bertz CT molecular complexity index is 5890. The number of nitrogens with zero attached hydrogens (tertiary/aromatic N) is 6. The second kappa shape index (κ2) is 29.2. The number of hydrogen-bond donors (Lipinski definition) is 2. The van der Waals surface area contributed by atoms with E-state index in [4.69, 9.17) is 72.0 Å². The van der Waals surface area contributed by atoms with Crippen LogP contribution in [0.1, 0.15) is 0 Å². The van der Waals surface area contributed by atoms with Gasteiger partial charge in [-0.3, -0.25) is 0 Å². The summed E-state index contributed by atoms with van der Waals surface area (Å²) in [5.41, 5.74) is 20.2. The van der Waals surface area contributed by atoms with Crippen LogP contribution in [0.2, 0.25) is 10.0 Å². The number of hydrogen-bond acceptors (Lipinski definition) is 10. The molecular weight excluding hydrogens is 1310 g/mol. The van der Waals surface area contributed by atoms with Crippen LogP contribution in [0.4, 0.5) is 0 Å². The van der Waals surface area contributed by atoms with Crippen LogP contribution in [0.5, 0.6) is 0 Å². The summed E-state index contributed by atoms with van der Waals surface area (Å²) in [6, 6.07) is 116. The molecule has 0 saturated carbocycles. The van der Waals surface area contributed by atoms with Crippen molar-refractivity contribution in [1.82, 2.24) is 29.9 Å². The second-order valence-electron chi connectivity index (χ2n) is 24.6. The molecule has 10 nitrogen and oxygen atoms in total. The van der Waals surface area contributed by atoms with Gasteiger partial charge in [-0.25, -0.2) is 29.9 Å². The molecule has 18 rings (SSSR count). The van der Waals surface area contributed by atoms with Crippen LogP contribution in [-0.2, 0) is 0 Å². The predicted octanol–water partition coefficient (Wildman–Crippen LogP) is 22.6. The molecule has 0 radical (unpaired) electrons. The van der Waals surface area contributed by atoms with Crippen LogP contribution in [0.25, 0.3) is 168 Å². The van der Waals surface area contributed by atoms with Crippen molar-refractivity contribution < 1.29 is 18.9 Å². The van der Waals surface area contributed by atoms with Crippen LogP contribution < -0.4 is 5.46 Å². The molecule has 0 amide bonds. The topological polar surface area (TPSA) is 144 Å². The van der Waals surface area contributed by atoms with Gasteiger partial charge in [0.1, 0.15) is 16.7 Å². The van der Waals surface area contributed by atoms with Crippen molar-refractivity contribution in [3.8, 4) is 124 Å². The number of halogens is 2. The van der Waals surface area contributed by atoms with Gasteiger partial charge in [0.15, 0.2) is 40.5 Å². The van der Waals surface area contributed by atoms with E-state index in [-0.39, 0.29) is 0 Å². The van der Waals surface area contributed by atoms with Gasteiger partial charge in [-0.15, -0.1) is 0 Å². The Morgan fingerprint density at radius 3 is 0.864 bits per heavy atom. The van der Waals surface area contributed by atoms with E-state index in [1.165, 1.54) is 22.3 Å². The lowest BCUT2D eigenvalue weighted by Crippen LogP contribution is -2.29. The number of aromatic nitrogens is 6. The summed E-state index contributed by atoms with van der Waals surface area (Å²) in [6.07, 6.45) is 0. The molecule has 2 N–H and O–H groups in total. The monoisotopic (exact) mass is 1370 g/mol. The number of benzene rings is 14. The summed E-state index contributed by atoms with van der Waals surface area (Å²) in [7, 11) is -1.39. The Morgan fingerprint density at radius 1 is 0.233 bits per heavy atom. The highest BCUT2D eigenvalue weighted by molar-refractivity contribution is 6.58. The number of fused-ring (bicyclic) bond motifs is 6. The van der Waals surface area contributed by atoms with Crippen molar-refractivity contribution in [1.29, 1.82) is 0 Å². The third-order valence-corrected chi connectivity index (χ3v) is 18.4. The Labute approximate surface area is 604 Å². The predicted molar refractivity (Wildman–Crippen MR) is 420 cm³/mol. The highest BCUT2D eigenvalue weighted by atomic mass is 35.5. The molecule has 4 aromatic heterocycles. The first kappa shape index (κ1) is 64.9. The Hall–Kier alpha value is -12.7. The maximum atomic E-state index is 8.94. The molecule has 14 aromatic carbocycles. The van der Waals surface area contributed by atoms with E-state index in [9.17, 15) is 0 Å². The highest BCUT2D eigenvalue weighted by Gasteiger charge is 2.21. The van der Waals surface area contributed by atoms with E-state index in [1.54, 1.807) is 18.2 Å². The first-order valence-electron chi connectivity index (χ1n) is 33.6. The highest BCUT2D eigenvalue weighted by Crippen LogP contribution is 2.43. The molecule has 0 aliphatic heterocycles. The van der Waals surface area contributed by atoms with E-state index >= 15 is 0 Å². The summed E-state index contributed by atoms with van der Waals surface area (Å²) >= 11 is 12.6. The Morgan fingerprint density at radius 2 is 0.505 bits per heavy atom. The van der Waals surface area contributed by atoms with Gasteiger partial charge in [0.25, 0.3) is 0 Å². The van der Waals surface area contributed by atoms with Gasteiger partial charge in [-0.1, -0.05) is 308 Å². The van der Waals surface area contributed by atoms with E-state index in [2.05, 4.69) is 115 Å². The van der Waals surface area contributed by atoms with E-state index in [0.717, 1.165) is 105 Å². The molecule has 0 aliphatic carbocycles. The van der Waals surface area contributed by atoms with Gasteiger partial charge in [0.2, 0.25) is 0 Å². The molecule has 0 atom stereocenters. The molecule has 0 unspecified atom stereocenters. The fraction of sp³-hybridized carbons (Fsp3) is 0. The fourth-order valence-electron chi connectivity index (χ4n) is 12.7. The maximum Gasteiger partial charge on any atom is 0.488 e. The van der Waals surface area contributed by atoms with Crippen LogP contribution in [0, 0.1) is 0 Å². The lowest BCUT2D eigenvalue weighted by atomic mass is 9.80. The second-order valence-corrected chi connectivity index (χ2v) is 25.5. The van der Waals surface area contributed by atoms with Crippen LogP contribution >= 0.6 is 23.2 Å². The lowest BCUT2D eigenvalue weighted by Gasteiger charge is -2.10. The van der Waals surface area contributed by atoms with Gasteiger partial charge in [-0.2, -0.15) is 0 Å². The number of rotatable bonds is 12. The molecule has 103 heavy (non-hydrogen) atoms. The maximum absolute atomic E-state index is 8.94. The lowest BCUT2D eigenvalue weighted by molar-refractivity contribution is 0.426. The molecule has 0 spiro atoms. The third kappa shape index (κ3) is 14.1. The zero-order chi connectivity index (χ0) is 69.6. The normalized spacial score (nSPS) is 11.1. The molecule has 0 aliphatic rings. The molecule has 13 heteroatoms. The molecule has 490 valence electrons. The van der Waals surface area contributed by atoms with Crippen molar-refractivity contribution >= 4 is 79.7 Å². The molecule has 0 bridgehead atoms. The number of furan rings is 2. The summed E-state index contributed by atoms with van der Waals surface area (Å²) in [5, 5.41) is 22.7. The smallest absolute Gasteiger partial charge is 0.455 e. The molecular formula is C90H59BCl2N6O4. The van der Waals surface area contributed by atoms with Crippen LogP contribution in [-0.4, -0.2) is 47.1 Å². The van der Waals surface area contributed by atoms with Gasteiger partial charge >= 0.3 is 7.12 Å². The first-order valence-corrected chi connectivity index (χ1v) is 34.3. The van der Waals surface area contributed by atoms with Crippen molar-refractivity contribution in [3.63, 3.8) is 0 Å². The van der Waals surface area contributed by atoms with Crippen LogP contribution in [0.3, 0.4) is 0 Å². The van der Waals surface area contributed by atoms with Gasteiger partial charge in [0, 0.05) is 65.5 Å². The van der Waals surface area contributed by atoms with Gasteiger partial charge in [-0.05, 0) is 116 Å². The van der Waals surface area contributed by atoms with Gasteiger partial charge < -0.3 is 18.9 Å². The average molecular weight is 1370 g/mol. The largest absolute Gasteiger partial charge is 0.488 e. The first-order chi connectivity index (χ1) is 50.7. The molecule has 0 saturated heterocycles. The quantitative estimate of drug-likeness (QED) is 0.113. The SMILES string of the molecule is Clc1cc(Cl)c2oc3ccc(-c4nc(-c5ccccc5)nc(-c5ccccc5)n4)cc3c2c1.OB(O)c1ccc(-c2ccccc2)cc1.c1ccc(-c2ccc(-c3cc(-c4ccc(-c5ccccc5)cc4)c4oc5ccc(-c6nc(-c7ccccc7)nc(-c7ccccc7)n6)cc5c4c3)cc2)cc1. The molecule has 18 aromatic rings. The van der Waals surface area contributed by atoms with Crippen molar-refractivity contribution in [2.45, 2.75) is 0 Å². The molecule has 4 heterocycles. The minimum absolute atomic E-state index is 0.480. The molecule has 0 fully saturated rings. The minimum Gasteiger partial charge on any atom is -0.455 e. The zero-order valence-electron chi connectivity index (χ0n) is 55.1. The summed E-state index contributed by atoms with van der Waals surface area (Å²) < 4.78 is 12.7. The van der Waals surface area contributed by atoms with E-state index < -0.39 is 7.12 Å². The van der Waals surface area contributed by atoms with Crippen molar-refractivity contribution in [2.24, 2.45) is 0 Å². The summed E-state index contributed by atoms with van der Waals surface area (Å²) in [6.45, 7) is 0. The third-order valence-electron chi connectivity index (χ3n) is 17.9.